The average Bonchev–Trinajstić information content (AvgIpc) is 2.20. The van der Waals surface area contributed by atoms with Gasteiger partial charge in [0.1, 0.15) is 5.82 Å². The third-order valence-electron chi connectivity index (χ3n) is 2.19. The van der Waals surface area contributed by atoms with E-state index in [4.69, 9.17) is 21.4 Å². The zero-order valence-corrected chi connectivity index (χ0v) is 9.50. The number of hydrogen-bond donors (Lipinski definition) is 1. The molecule has 1 atom stereocenters. The number of rotatable bonds is 5. The summed E-state index contributed by atoms with van der Waals surface area (Å²) in [4.78, 5) is 10.6. The van der Waals surface area contributed by atoms with Crippen LogP contribution in [0, 0.1) is 5.82 Å². The minimum Gasteiger partial charge on any atom is -0.481 e. The summed E-state index contributed by atoms with van der Waals surface area (Å²) in [7, 11) is 1.44. The molecule has 16 heavy (non-hydrogen) atoms. The molecule has 1 unspecified atom stereocenters. The van der Waals surface area contributed by atoms with Gasteiger partial charge in [-0.3, -0.25) is 4.79 Å². The Kier molecular flexibility index (Phi) is 4.71. The molecule has 5 heteroatoms. The van der Waals surface area contributed by atoms with E-state index < -0.39 is 17.7 Å². The number of benzene rings is 1. The second kappa shape index (κ2) is 5.82. The van der Waals surface area contributed by atoms with E-state index in [1.54, 1.807) is 0 Å². The molecule has 1 N–H and O–H groups in total. The third kappa shape index (κ3) is 3.47. The van der Waals surface area contributed by atoms with Crippen LogP contribution in [-0.2, 0) is 9.53 Å². The number of carboxylic acids is 1. The fraction of sp³-hybridized carbons (Fsp3) is 0.364. The first-order valence-corrected chi connectivity index (χ1v) is 5.08. The van der Waals surface area contributed by atoms with Gasteiger partial charge >= 0.3 is 5.97 Å². The summed E-state index contributed by atoms with van der Waals surface area (Å²) in [5.74, 6) is -1.99. The van der Waals surface area contributed by atoms with E-state index in [-0.39, 0.29) is 18.6 Å². The first kappa shape index (κ1) is 12.9. The van der Waals surface area contributed by atoms with E-state index in [9.17, 15) is 9.18 Å². The molecule has 1 aromatic carbocycles. The van der Waals surface area contributed by atoms with Gasteiger partial charge < -0.3 is 9.84 Å². The van der Waals surface area contributed by atoms with Gasteiger partial charge in [0.2, 0.25) is 0 Å². The molecule has 0 saturated heterocycles. The zero-order chi connectivity index (χ0) is 12.1. The minimum atomic E-state index is -0.999. The first-order valence-electron chi connectivity index (χ1n) is 4.70. The lowest BCUT2D eigenvalue weighted by Gasteiger charge is -2.15. The Hall–Kier alpha value is -1.13. The normalized spacial score (nSPS) is 12.4. The van der Waals surface area contributed by atoms with E-state index in [0.717, 1.165) is 0 Å². The fourth-order valence-electron chi connectivity index (χ4n) is 1.50. The van der Waals surface area contributed by atoms with Gasteiger partial charge in [-0.05, 0) is 23.8 Å². The highest BCUT2D eigenvalue weighted by Crippen LogP contribution is 2.26. The largest absolute Gasteiger partial charge is 0.481 e. The smallest absolute Gasteiger partial charge is 0.304 e. The predicted octanol–water partition coefficient (Wildman–Crippen LogP) is 2.68. The second-order valence-corrected chi connectivity index (χ2v) is 3.85. The van der Waals surface area contributed by atoms with Crippen molar-refractivity contribution in [2.75, 3.05) is 13.7 Å². The highest BCUT2D eigenvalue weighted by atomic mass is 35.5. The van der Waals surface area contributed by atoms with Crippen LogP contribution in [0.1, 0.15) is 17.9 Å². The topological polar surface area (TPSA) is 46.5 Å². The maximum Gasteiger partial charge on any atom is 0.304 e. The molecule has 0 fully saturated rings. The van der Waals surface area contributed by atoms with Gasteiger partial charge in [0.25, 0.3) is 0 Å². The van der Waals surface area contributed by atoms with Crippen molar-refractivity contribution in [3.63, 3.8) is 0 Å². The molecule has 0 heterocycles. The number of ether oxygens (including phenoxy) is 1. The van der Waals surface area contributed by atoms with E-state index in [1.165, 1.54) is 25.3 Å². The van der Waals surface area contributed by atoms with Crippen molar-refractivity contribution in [1.82, 2.24) is 0 Å². The summed E-state index contributed by atoms with van der Waals surface area (Å²) in [6.45, 7) is 0.142. The SMILES string of the molecule is COCC(CC(=O)O)c1cc(Cl)ccc1F. The van der Waals surface area contributed by atoms with Gasteiger partial charge in [0.05, 0.1) is 13.0 Å². The van der Waals surface area contributed by atoms with Crippen molar-refractivity contribution in [2.24, 2.45) is 0 Å². The molecule has 0 saturated carbocycles. The van der Waals surface area contributed by atoms with Gasteiger partial charge in [0, 0.05) is 18.1 Å². The summed E-state index contributed by atoms with van der Waals surface area (Å²) in [6, 6.07) is 4.08. The molecule has 0 aliphatic heterocycles. The summed E-state index contributed by atoms with van der Waals surface area (Å²) in [6.07, 6.45) is -0.189. The molecule has 0 aromatic heterocycles. The van der Waals surface area contributed by atoms with Crippen molar-refractivity contribution in [3.05, 3.63) is 34.6 Å². The van der Waals surface area contributed by atoms with Crippen molar-refractivity contribution in [1.29, 1.82) is 0 Å². The van der Waals surface area contributed by atoms with E-state index in [0.29, 0.717) is 5.02 Å². The Balaban J connectivity index is 2.99. The van der Waals surface area contributed by atoms with Crippen LogP contribution in [0.2, 0.25) is 5.02 Å². The number of methoxy groups -OCH3 is 1. The van der Waals surface area contributed by atoms with Crippen LogP contribution in [-0.4, -0.2) is 24.8 Å². The van der Waals surface area contributed by atoms with E-state index >= 15 is 0 Å². The number of halogens is 2. The van der Waals surface area contributed by atoms with Crippen molar-refractivity contribution >= 4 is 17.6 Å². The van der Waals surface area contributed by atoms with Crippen LogP contribution in [0.4, 0.5) is 4.39 Å². The summed E-state index contributed by atoms with van der Waals surface area (Å²) in [5, 5.41) is 9.10. The Labute approximate surface area is 97.8 Å². The quantitative estimate of drug-likeness (QED) is 0.869. The lowest BCUT2D eigenvalue weighted by molar-refractivity contribution is -0.137. The van der Waals surface area contributed by atoms with Crippen LogP contribution in [0.5, 0.6) is 0 Å². The minimum absolute atomic E-state index is 0.142. The Morgan fingerprint density at radius 1 is 1.62 bits per heavy atom. The summed E-state index contributed by atoms with van der Waals surface area (Å²) in [5.41, 5.74) is 0.275. The standard InChI is InChI=1S/C11H12ClFO3/c1-16-6-7(4-11(14)15)9-5-8(12)2-3-10(9)13/h2-3,5,7H,4,6H2,1H3,(H,14,15). The molecule has 1 aromatic rings. The molecule has 0 amide bonds. The molecule has 88 valence electrons. The average molecular weight is 247 g/mol. The second-order valence-electron chi connectivity index (χ2n) is 3.42. The van der Waals surface area contributed by atoms with Crippen LogP contribution in [0.25, 0.3) is 0 Å². The Bertz CT molecular complexity index is 381. The number of carbonyl (C=O) groups is 1. The van der Waals surface area contributed by atoms with Gasteiger partial charge in [-0.15, -0.1) is 0 Å². The molecular weight excluding hydrogens is 235 g/mol. The van der Waals surface area contributed by atoms with Crippen LogP contribution >= 0.6 is 11.6 Å². The Morgan fingerprint density at radius 3 is 2.88 bits per heavy atom. The van der Waals surface area contributed by atoms with E-state index in [1.807, 2.05) is 0 Å². The highest BCUT2D eigenvalue weighted by molar-refractivity contribution is 6.30. The van der Waals surface area contributed by atoms with Crippen LogP contribution in [0.3, 0.4) is 0 Å². The van der Waals surface area contributed by atoms with Crippen LogP contribution in [0.15, 0.2) is 18.2 Å². The fourth-order valence-corrected chi connectivity index (χ4v) is 1.68. The lowest BCUT2D eigenvalue weighted by atomic mass is 9.96. The first-order chi connectivity index (χ1) is 7.54. The van der Waals surface area contributed by atoms with Crippen molar-refractivity contribution < 1.29 is 19.0 Å². The Morgan fingerprint density at radius 2 is 2.31 bits per heavy atom. The van der Waals surface area contributed by atoms with Crippen LogP contribution < -0.4 is 0 Å². The predicted molar refractivity (Wildman–Crippen MR) is 58.3 cm³/mol. The number of carboxylic acid groups (broad SMARTS) is 1. The highest BCUT2D eigenvalue weighted by Gasteiger charge is 2.19. The number of aliphatic carboxylic acids is 1. The number of hydrogen-bond acceptors (Lipinski definition) is 2. The van der Waals surface area contributed by atoms with Crippen molar-refractivity contribution in [3.8, 4) is 0 Å². The molecular formula is C11H12ClFO3. The summed E-state index contributed by atoms with van der Waals surface area (Å²) >= 11 is 5.74. The lowest BCUT2D eigenvalue weighted by Crippen LogP contribution is -2.13. The molecule has 3 nitrogen and oxygen atoms in total. The molecule has 0 radical (unpaired) electrons. The molecule has 0 bridgehead atoms. The zero-order valence-electron chi connectivity index (χ0n) is 8.74. The van der Waals surface area contributed by atoms with E-state index in [2.05, 4.69) is 0 Å². The summed E-state index contributed by atoms with van der Waals surface area (Å²) < 4.78 is 18.4. The maximum atomic E-state index is 13.5. The van der Waals surface area contributed by atoms with Gasteiger partial charge in [-0.1, -0.05) is 11.6 Å². The third-order valence-corrected chi connectivity index (χ3v) is 2.42. The van der Waals surface area contributed by atoms with Gasteiger partial charge in [-0.2, -0.15) is 0 Å². The molecule has 0 aliphatic rings. The van der Waals surface area contributed by atoms with Gasteiger partial charge in [-0.25, -0.2) is 4.39 Å². The molecule has 1 rings (SSSR count). The maximum absolute atomic E-state index is 13.5. The molecule has 0 spiro atoms. The molecule has 0 aliphatic carbocycles. The van der Waals surface area contributed by atoms with Gasteiger partial charge in [0.15, 0.2) is 0 Å². The van der Waals surface area contributed by atoms with Crippen molar-refractivity contribution in [2.45, 2.75) is 12.3 Å². The monoisotopic (exact) mass is 246 g/mol.